The number of benzene rings is 2. The lowest BCUT2D eigenvalue weighted by molar-refractivity contribution is -0.116. The van der Waals surface area contributed by atoms with Crippen LogP contribution in [0.15, 0.2) is 42.7 Å². The quantitative estimate of drug-likeness (QED) is 0.740. The number of carbonyl (C=O) groups excluding carboxylic acids is 1. The molecule has 1 amide bonds. The smallest absolute Gasteiger partial charge is 0.226 e. The van der Waals surface area contributed by atoms with E-state index in [-0.39, 0.29) is 23.8 Å². The van der Waals surface area contributed by atoms with Crippen molar-refractivity contribution in [2.24, 2.45) is 0 Å². The number of rotatable bonds is 3. The molecule has 2 heterocycles. The fraction of sp³-hybridized carbons (Fsp3) is 0.158. The lowest BCUT2D eigenvalue weighted by Gasteiger charge is -2.23. The van der Waals surface area contributed by atoms with Crippen LogP contribution in [0.25, 0.3) is 5.69 Å². The second-order valence-electron chi connectivity index (χ2n) is 6.21. The molecule has 6 nitrogen and oxygen atoms in total. The molecule has 1 aliphatic rings. The zero-order valence-corrected chi connectivity index (χ0v) is 14.2. The van der Waals surface area contributed by atoms with Crippen LogP contribution in [0.5, 0.6) is 11.5 Å². The van der Waals surface area contributed by atoms with Crippen LogP contribution in [0.4, 0.5) is 14.6 Å². The van der Waals surface area contributed by atoms with Gasteiger partial charge in [0.15, 0.2) is 11.5 Å². The van der Waals surface area contributed by atoms with Gasteiger partial charge in [0.2, 0.25) is 5.91 Å². The van der Waals surface area contributed by atoms with E-state index in [1.165, 1.54) is 24.1 Å². The summed E-state index contributed by atoms with van der Waals surface area (Å²) in [6, 6.07) is 7.95. The predicted octanol–water partition coefficient (Wildman–Crippen LogP) is 3.34. The molecule has 1 atom stereocenters. The zero-order valence-electron chi connectivity index (χ0n) is 14.2. The molecule has 1 aliphatic heterocycles. The maximum Gasteiger partial charge on any atom is 0.226 e. The Morgan fingerprint density at radius 3 is 2.63 bits per heavy atom. The molecular weight excluding hydrogens is 356 g/mol. The molecule has 0 saturated heterocycles. The largest absolute Gasteiger partial charge is 0.504 e. The van der Waals surface area contributed by atoms with E-state index in [9.17, 15) is 18.7 Å². The van der Waals surface area contributed by atoms with Crippen molar-refractivity contribution in [1.82, 2.24) is 9.55 Å². The fourth-order valence-corrected chi connectivity index (χ4v) is 3.28. The molecule has 0 radical (unpaired) electrons. The van der Waals surface area contributed by atoms with Gasteiger partial charge < -0.3 is 15.2 Å². The number of phenols is 1. The van der Waals surface area contributed by atoms with Gasteiger partial charge in [0.1, 0.15) is 23.8 Å². The number of nitrogens with zero attached hydrogens (tertiary/aromatic N) is 2. The van der Waals surface area contributed by atoms with Crippen LogP contribution in [0.1, 0.15) is 23.6 Å². The van der Waals surface area contributed by atoms with Gasteiger partial charge in [-0.3, -0.25) is 9.36 Å². The minimum Gasteiger partial charge on any atom is -0.504 e. The van der Waals surface area contributed by atoms with Gasteiger partial charge in [-0.05, 0) is 29.8 Å². The van der Waals surface area contributed by atoms with Crippen LogP contribution in [0, 0.1) is 11.6 Å². The number of nitrogens with one attached hydrogen (secondary N) is 1. The Morgan fingerprint density at radius 2 is 1.96 bits per heavy atom. The minimum atomic E-state index is -0.730. The zero-order chi connectivity index (χ0) is 19.1. The Labute approximate surface area is 153 Å². The standard InChI is InChI=1S/C19H15F2N3O3/c1-27-16-3-2-10(4-15(16)25)14-8-17(26)23-19-18(14)22-9-24(19)13-6-11(20)5-12(21)7-13/h2-7,9,14,25H,8H2,1H3,(H,23,26)/t14-/m0/s1. The molecule has 0 spiro atoms. The number of aromatic hydroxyl groups is 1. The van der Waals surface area contributed by atoms with E-state index in [0.717, 1.165) is 18.2 Å². The normalized spacial score (nSPS) is 16.0. The molecule has 138 valence electrons. The molecule has 0 saturated carbocycles. The average molecular weight is 371 g/mol. The molecule has 3 aromatic rings. The first-order valence-electron chi connectivity index (χ1n) is 8.16. The second kappa shape index (κ2) is 6.39. The number of aromatic nitrogens is 2. The van der Waals surface area contributed by atoms with Gasteiger partial charge in [-0.15, -0.1) is 0 Å². The number of anilines is 1. The number of ether oxygens (including phenoxy) is 1. The van der Waals surface area contributed by atoms with Crippen LogP contribution in [-0.4, -0.2) is 27.7 Å². The van der Waals surface area contributed by atoms with E-state index in [2.05, 4.69) is 10.3 Å². The summed E-state index contributed by atoms with van der Waals surface area (Å²) in [5, 5.41) is 12.8. The van der Waals surface area contributed by atoms with Crippen LogP contribution in [0.3, 0.4) is 0 Å². The van der Waals surface area contributed by atoms with Crippen LogP contribution < -0.4 is 10.1 Å². The first-order chi connectivity index (χ1) is 13.0. The molecule has 8 heteroatoms. The van der Waals surface area contributed by atoms with Crippen LogP contribution in [0.2, 0.25) is 0 Å². The van der Waals surface area contributed by atoms with Crippen molar-refractivity contribution in [3.8, 4) is 17.2 Å². The van der Waals surface area contributed by atoms with Crippen LogP contribution >= 0.6 is 0 Å². The topological polar surface area (TPSA) is 76.4 Å². The highest BCUT2D eigenvalue weighted by molar-refractivity contribution is 5.94. The first-order valence-corrected chi connectivity index (χ1v) is 8.16. The van der Waals surface area contributed by atoms with E-state index >= 15 is 0 Å². The van der Waals surface area contributed by atoms with Gasteiger partial charge in [0, 0.05) is 18.4 Å². The molecule has 0 fully saturated rings. The lowest BCUT2D eigenvalue weighted by atomic mass is 9.89. The number of phenolic OH excluding ortho intramolecular Hbond substituents is 1. The predicted molar refractivity (Wildman–Crippen MR) is 93.2 cm³/mol. The Bertz CT molecular complexity index is 1030. The summed E-state index contributed by atoms with van der Waals surface area (Å²) >= 11 is 0. The highest BCUT2D eigenvalue weighted by Gasteiger charge is 2.31. The third-order valence-corrected chi connectivity index (χ3v) is 4.50. The van der Waals surface area contributed by atoms with Gasteiger partial charge in [-0.1, -0.05) is 6.07 Å². The van der Waals surface area contributed by atoms with Gasteiger partial charge in [0.05, 0.1) is 18.5 Å². The molecule has 0 bridgehead atoms. The molecule has 27 heavy (non-hydrogen) atoms. The second-order valence-corrected chi connectivity index (χ2v) is 6.21. The maximum atomic E-state index is 13.6. The Kier molecular flexibility index (Phi) is 4.02. The van der Waals surface area contributed by atoms with E-state index in [1.54, 1.807) is 12.1 Å². The van der Waals surface area contributed by atoms with Crippen LogP contribution in [-0.2, 0) is 4.79 Å². The van der Waals surface area contributed by atoms with Gasteiger partial charge in [-0.2, -0.15) is 0 Å². The lowest BCUT2D eigenvalue weighted by Crippen LogP contribution is -2.25. The number of methoxy groups -OCH3 is 1. The van der Waals surface area contributed by atoms with E-state index in [4.69, 9.17) is 4.74 Å². The van der Waals surface area contributed by atoms with Gasteiger partial charge in [-0.25, -0.2) is 13.8 Å². The van der Waals surface area contributed by atoms with E-state index in [1.807, 2.05) is 0 Å². The number of amides is 1. The number of halogens is 2. The number of hydrogen-bond acceptors (Lipinski definition) is 4. The van der Waals surface area contributed by atoms with Crippen molar-refractivity contribution >= 4 is 11.7 Å². The highest BCUT2D eigenvalue weighted by Crippen LogP contribution is 2.39. The van der Waals surface area contributed by atoms with Crippen molar-refractivity contribution in [3.63, 3.8) is 0 Å². The summed E-state index contributed by atoms with van der Waals surface area (Å²) in [5.74, 6) is -1.52. The number of imidazole rings is 1. The summed E-state index contributed by atoms with van der Waals surface area (Å²) in [5.41, 5.74) is 1.43. The summed E-state index contributed by atoms with van der Waals surface area (Å²) in [6.45, 7) is 0. The van der Waals surface area contributed by atoms with Crippen molar-refractivity contribution in [3.05, 3.63) is 65.6 Å². The number of carbonyl (C=O) groups is 1. The van der Waals surface area contributed by atoms with E-state index < -0.39 is 17.6 Å². The Balaban J connectivity index is 1.81. The molecule has 2 aromatic carbocycles. The monoisotopic (exact) mass is 371 g/mol. The number of hydrogen-bond donors (Lipinski definition) is 2. The Morgan fingerprint density at radius 1 is 1.22 bits per heavy atom. The molecule has 1 aromatic heterocycles. The molecule has 0 aliphatic carbocycles. The molecule has 4 rings (SSSR count). The summed E-state index contributed by atoms with van der Waals surface area (Å²) in [6.07, 6.45) is 1.54. The number of fused-ring (bicyclic) bond motifs is 1. The van der Waals surface area contributed by atoms with Crippen molar-refractivity contribution in [2.75, 3.05) is 12.4 Å². The van der Waals surface area contributed by atoms with Gasteiger partial charge >= 0.3 is 0 Å². The van der Waals surface area contributed by atoms with Crippen molar-refractivity contribution < 1.29 is 23.4 Å². The third-order valence-electron chi connectivity index (χ3n) is 4.50. The minimum absolute atomic E-state index is 0.0471. The van der Waals surface area contributed by atoms with E-state index in [0.29, 0.717) is 22.8 Å². The summed E-state index contributed by atoms with van der Waals surface area (Å²) < 4.78 is 33.6. The molecule has 0 unspecified atom stereocenters. The van der Waals surface area contributed by atoms with Gasteiger partial charge in [0.25, 0.3) is 0 Å². The van der Waals surface area contributed by atoms with Crippen molar-refractivity contribution in [2.45, 2.75) is 12.3 Å². The SMILES string of the molecule is COc1ccc([C@@H]2CC(=O)Nc3c2ncn3-c2cc(F)cc(F)c2)cc1O. The van der Waals surface area contributed by atoms with Crippen molar-refractivity contribution in [1.29, 1.82) is 0 Å². The fourth-order valence-electron chi connectivity index (χ4n) is 3.28. The summed E-state index contributed by atoms with van der Waals surface area (Å²) in [4.78, 5) is 16.6. The first kappa shape index (κ1) is 17.0. The third kappa shape index (κ3) is 2.99. The highest BCUT2D eigenvalue weighted by atomic mass is 19.1. The molecule has 2 N–H and O–H groups in total. The molecular formula is C19H15F2N3O3. The summed E-state index contributed by atoms with van der Waals surface area (Å²) in [7, 11) is 1.45. The maximum absolute atomic E-state index is 13.6. The Hall–Kier alpha value is -3.42. The average Bonchev–Trinajstić information content (AvgIpc) is 3.03.